The Balaban J connectivity index is 1.47. The third-order valence-corrected chi connectivity index (χ3v) is 4.68. The zero-order chi connectivity index (χ0) is 17.1. The van der Waals surface area contributed by atoms with Crippen LogP contribution in [0.2, 0.25) is 0 Å². The molecule has 3 aromatic rings. The molecule has 0 bridgehead atoms. The Morgan fingerprint density at radius 1 is 1.28 bits per heavy atom. The Morgan fingerprint density at radius 2 is 2.20 bits per heavy atom. The van der Waals surface area contributed by atoms with Crippen LogP contribution in [0.1, 0.15) is 35.9 Å². The third kappa shape index (κ3) is 3.32. The van der Waals surface area contributed by atoms with Gasteiger partial charge in [0.05, 0.1) is 18.2 Å². The summed E-state index contributed by atoms with van der Waals surface area (Å²) >= 11 is 0. The molecule has 0 saturated carbocycles. The molecule has 1 aliphatic rings. The van der Waals surface area contributed by atoms with Gasteiger partial charge in [0.15, 0.2) is 0 Å². The molecule has 1 aromatic carbocycles. The maximum Gasteiger partial charge on any atom is 0.137 e. The first-order chi connectivity index (χ1) is 12.3. The lowest BCUT2D eigenvalue weighted by Crippen LogP contribution is -2.34. The van der Waals surface area contributed by atoms with Crippen molar-refractivity contribution in [2.24, 2.45) is 0 Å². The van der Waals surface area contributed by atoms with E-state index in [9.17, 15) is 5.26 Å². The van der Waals surface area contributed by atoms with Crippen LogP contribution in [-0.4, -0.2) is 33.2 Å². The molecule has 1 N–H and O–H groups in total. The molecular weight excluding hydrogens is 314 g/mol. The fourth-order valence-corrected chi connectivity index (χ4v) is 3.46. The molecule has 1 aliphatic heterocycles. The molecule has 0 spiro atoms. The molecular formula is C19H19N5O. The molecule has 2 aromatic heterocycles. The van der Waals surface area contributed by atoms with Crippen LogP contribution in [0.3, 0.4) is 0 Å². The number of nitrogens with one attached hydrogen (secondary N) is 1. The summed E-state index contributed by atoms with van der Waals surface area (Å²) in [4.78, 5) is 6.68. The maximum absolute atomic E-state index is 9.25. The normalized spacial score (nSPS) is 18.1. The molecule has 3 heterocycles. The summed E-state index contributed by atoms with van der Waals surface area (Å²) in [6.07, 6.45) is 3.83. The number of benzene rings is 1. The molecule has 25 heavy (non-hydrogen) atoms. The van der Waals surface area contributed by atoms with Crippen molar-refractivity contribution >= 4 is 0 Å². The van der Waals surface area contributed by atoms with E-state index in [-0.39, 0.29) is 0 Å². The number of hydrogen-bond donors (Lipinski definition) is 1. The fraction of sp³-hybridized carbons (Fsp3) is 0.316. The van der Waals surface area contributed by atoms with Gasteiger partial charge in [0.2, 0.25) is 0 Å². The predicted molar refractivity (Wildman–Crippen MR) is 92.5 cm³/mol. The number of rotatable bonds is 4. The smallest absolute Gasteiger partial charge is 0.137 e. The van der Waals surface area contributed by atoms with Crippen molar-refractivity contribution in [2.75, 3.05) is 13.1 Å². The van der Waals surface area contributed by atoms with Gasteiger partial charge in [-0.05, 0) is 43.7 Å². The minimum atomic E-state index is 0.394. The molecule has 4 rings (SSSR count). The topological polar surface area (TPSA) is 81.7 Å². The van der Waals surface area contributed by atoms with Crippen LogP contribution in [-0.2, 0) is 6.54 Å². The number of nitrogens with zero attached hydrogens (tertiary/aromatic N) is 4. The Hall–Kier alpha value is -2.91. The minimum Gasteiger partial charge on any atom is -0.460 e. The van der Waals surface area contributed by atoms with E-state index >= 15 is 0 Å². The van der Waals surface area contributed by atoms with Gasteiger partial charge in [-0.2, -0.15) is 10.4 Å². The van der Waals surface area contributed by atoms with Crippen LogP contribution in [0.4, 0.5) is 0 Å². The van der Waals surface area contributed by atoms with Crippen molar-refractivity contribution in [3.05, 3.63) is 59.9 Å². The van der Waals surface area contributed by atoms with Crippen molar-refractivity contribution in [3.8, 4) is 17.4 Å². The predicted octanol–water partition coefficient (Wildman–Crippen LogP) is 3.32. The molecule has 6 heteroatoms. The molecule has 1 atom stereocenters. The SMILES string of the molecule is N#Cc1ccccc1-c1ccc(CN2CCC[C@H](c3ncn[nH]3)C2)o1. The van der Waals surface area contributed by atoms with E-state index < -0.39 is 0 Å². The second kappa shape index (κ2) is 6.91. The summed E-state index contributed by atoms with van der Waals surface area (Å²) in [5, 5.41) is 16.2. The van der Waals surface area contributed by atoms with E-state index in [2.05, 4.69) is 26.2 Å². The highest BCUT2D eigenvalue weighted by Gasteiger charge is 2.24. The van der Waals surface area contributed by atoms with Gasteiger partial charge in [-0.3, -0.25) is 10.00 Å². The van der Waals surface area contributed by atoms with Crippen LogP contribution in [0.25, 0.3) is 11.3 Å². The summed E-state index contributed by atoms with van der Waals surface area (Å²) in [5.41, 5.74) is 1.47. The van der Waals surface area contributed by atoms with Gasteiger partial charge >= 0.3 is 0 Å². The first kappa shape index (κ1) is 15.6. The molecule has 0 radical (unpaired) electrons. The number of aromatic amines is 1. The lowest BCUT2D eigenvalue weighted by Gasteiger charge is -2.30. The summed E-state index contributed by atoms with van der Waals surface area (Å²) < 4.78 is 6.01. The highest BCUT2D eigenvalue weighted by atomic mass is 16.3. The monoisotopic (exact) mass is 333 g/mol. The third-order valence-electron chi connectivity index (χ3n) is 4.68. The van der Waals surface area contributed by atoms with Crippen molar-refractivity contribution in [1.29, 1.82) is 5.26 Å². The van der Waals surface area contributed by atoms with Gasteiger partial charge in [-0.1, -0.05) is 12.1 Å². The number of nitriles is 1. The zero-order valence-corrected chi connectivity index (χ0v) is 13.9. The average molecular weight is 333 g/mol. The Kier molecular flexibility index (Phi) is 4.32. The lowest BCUT2D eigenvalue weighted by atomic mass is 9.97. The van der Waals surface area contributed by atoms with E-state index in [1.54, 1.807) is 6.33 Å². The van der Waals surface area contributed by atoms with E-state index in [1.807, 2.05) is 36.4 Å². The number of H-pyrrole nitrogens is 1. The van der Waals surface area contributed by atoms with Crippen molar-refractivity contribution in [2.45, 2.75) is 25.3 Å². The van der Waals surface area contributed by atoms with E-state index in [4.69, 9.17) is 4.42 Å². The van der Waals surface area contributed by atoms with Crippen LogP contribution in [0.5, 0.6) is 0 Å². The van der Waals surface area contributed by atoms with Crippen molar-refractivity contribution in [3.63, 3.8) is 0 Å². The summed E-state index contributed by atoms with van der Waals surface area (Å²) in [5.74, 6) is 3.02. The van der Waals surface area contributed by atoms with E-state index in [0.717, 1.165) is 55.4 Å². The summed E-state index contributed by atoms with van der Waals surface area (Å²) in [6.45, 7) is 2.76. The molecule has 0 amide bonds. The molecule has 0 aliphatic carbocycles. The largest absolute Gasteiger partial charge is 0.460 e. The minimum absolute atomic E-state index is 0.394. The zero-order valence-electron chi connectivity index (χ0n) is 13.9. The number of likely N-dealkylation sites (tertiary alicyclic amines) is 1. The van der Waals surface area contributed by atoms with Crippen molar-refractivity contribution < 1.29 is 4.42 Å². The Morgan fingerprint density at radius 3 is 3.04 bits per heavy atom. The molecule has 6 nitrogen and oxygen atoms in total. The highest BCUT2D eigenvalue weighted by Crippen LogP contribution is 2.28. The molecule has 0 unspecified atom stereocenters. The van der Waals surface area contributed by atoms with Gasteiger partial charge in [-0.25, -0.2) is 4.98 Å². The van der Waals surface area contributed by atoms with Crippen LogP contribution in [0, 0.1) is 11.3 Å². The van der Waals surface area contributed by atoms with E-state index in [0.29, 0.717) is 11.5 Å². The van der Waals surface area contributed by atoms with Crippen LogP contribution in [0.15, 0.2) is 47.1 Å². The fourth-order valence-electron chi connectivity index (χ4n) is 3.46. The van der Waals surface area contributed by atoms with Crippen molar-refractivity contribution in [1.82, 2.24) is 20.1 Å². The number of hydrogen-bond acceptors (Lipinski definition) is 5. The van der Waals surface area contributed by atoms with Crippen LogP contribution < -0.4 is 0 Å². The Bertz CT molecular complexity index is 877. The van der Waals surface area contributed by atoms with Gasteiger partial charge in [-0.15, -0.1) is 0 Å². The first-order valence-corrected chi connectivity index (χ1v) is 8.49. The summed E-state index contributed by atoms with van der Waals surface area (Å²) in [7, 11) is 0. The standard InChI is InChI=1S/C19H19N5O/c20-10-14-4-1-2-6-17(14)18-8-7-16(25-18)12-24-9-3-5-15(11-24)19-21-13-22-23-19/h1-2,4,6-8,13,15H,3,5,9,11-12H2,(H,21,22,23)/t15-/m0/s1. The van der Waals surface area contributed by atoms with E-state index in [1.165, 1.54) is 0 Å². The number of aromatic nitrogens is 3. The van der Waals surface area contributed by atoms with Crippen LogP contribution >= 0.6 is 0 Å². The molecule has 1 saturated heterocycles. The first-order valence-electron chi connectivity index (χ1n) is 8.49. The average Bonchev–Trinajstić information content (AvgIpc) is 3.34. The number of piperidine rings is 1. The molecule has 1 fully saturated rings. The van der Waals surface area contributed by atoms with Gasteiger partial charge in [0.1, 0.15) is 23.7 Å². The highest BCUT2D eigenvalue weighted by molar-refractivity contribution is 5.66. The second-order valence-corrected chi connectivity index (χ2v) is 6.37. The maximum atomic E-state index is 9.25. The Labute approximate surface area is 146 Å². The molecule has 126 valence electrons. The van der Waals surface area contributed by atoms with Gasteiger partial charge in [0, 0.05) is 18.0 Å². The summed E-state index contributed by atoms with van der Waals surface area (Å²) in [6, 6.07) is 13.7. The quantitative estimate of drug-likeness (QED) is 0.792. The number of furan rings is 1. The second-order valence-electron chi connectivity index (χ2n) is 6.37. The van der Waals surface area contributed by atoms with Gasteiger partial charge in [0.25, 0.3) is 0 Å². The lowest BCUT2D eigenvalue weighted by molar-refractivity contribution is 0.184. The van der Waals surface area contributed by atoms with Gasteiger partial charge < -0.3 is 4.42 Å².